The first-order chi connectivity index (χ1) is 13.8. The van der Waals surface area contributed by atoms with E-state index in [1.54, 1.807) is 0 Å². The molecule has 0 aromatic carbocycles. The minimum absolute atomic E-state index is 0.000000735. The van der Waals surface area contributed by atoms with E-state index in [4.69, 9.17) is 9.72 Å². The largest absolute Gasteiger partial charge is 0.369 e. The fraction of sp³-hybridized carbons (Fsp3) is 0.273. The molecular formula is C22H22N4OS. The van der Waals surface area contributed by atoms with E-state index in [2.05, 4.69) is 51.7 Å². The highest BCUT2D eigenvalue weighted by atomic mass is 32.1. The van der Waals surface area contributed by atoms with Gasteiger partial charge in [-0.2, -0.15) is 0 Å². The van der Waals surface area contributed by atoms with Gasteiger partial charge in [-0.3, -0.25) is 14.3 Å². The topological polar surface area (TPSA) is 42.7 Å². The van der Waals surface area contributed by atoms with Gasteiger partial charge < -0.3 is 4.74 Å². The van der Waals surface area contributed by atoms with E-state index in [1.807, 2.05) is 41.9 Å². The Hall–Kier alpha value is -2.54. The highest BCUT2D eigenvalue weighted by Gasteiger charge is 2.25. The monoisotopic (exact) mass is 390 g/mol. The number of aryl methyl sites for hydroxylation is 1. The van der Waals surface area contributed by atoms with E-state index < -0.39 is 0 Å². The van der Waals surface area contributed by atoms with Crippen molar-refractivity contribution in [3.8, 4) is 11.3 Å². The maximum Gasteiger partial charge on any atom is 0.137 e. The lowest BCUT2D eigenvalue weighted by Crippen LogP contribution is -2.37. The molecule has 0 radical (unpaired) electrons. The summed E-state index contributed by atoms with van der Waals surface area (Å²) in [6.45, 7) is 5.70. The van der Waals surface area contributed by atoms with Gasteiger partial charge >= 0.3 is 0 Å². The second-order valence-corrected chi connectivity index (χ2v) is 8.52. The molecule has 1 atom stereocenters. The Morgan fingerprint density at radius 2 is 2.04 bits per heavy atom. The van der Waals surface area contributed by atoms with Crippen LogP contribution in [-0.4, -0.2) is 39.0 Å². The van der Waals surface area contributed by atoms with Crippen molar-refractivity contribution in [2.45, 2.75) is 19.6 Å². The van der Waals surface area contributed by atoms with Gasteiger partial charge in [0.15, 0.2) is 0 Å². The lowest BCUT2D eigenvalue weighted by Gasteiger charge is -2.31. The Morgan fingerprint density at radius 3 is 2.86 bits per heavy atom. The molecule has 1 unspecified atom stereocenters. The van der Waals surface area contributed by atoms with E-state index in [9.17, 15) is 0 Å². The van der Waals surface area contributed by atoms with Crippen LogP contribution in [0.2, 0.25) is 0 Å². The molecule has 0 N–H and O–H groups in total. The van der Waals surface area contributed by atoms with Crippen molar-refractivity contribution >= 4 is 17.0 Å². The summed E-state index contributed by atoms with van der Waals surface area (Å²) in [7, 11) is 0. The zero-order valence-corrected chi connectivity index (χ0v) is 16.6. The molecule has 5 heterocycles. The van der Waals surface area contributed by atoms with Crippen molar-refractivity contribution in [3.63, 3.8) is 0 Å². The number of thiophene rings is 1. The van der Waals surface area contributed by atoms with E-state index in [-0.39, 0.29) is 6.10 Å². The van der Waals surface area contributed by atoms with Gasteiger partial charge in [-0.1, -0.05) is 6.07 Å². The Morgan fingerprint density at radius 1 is 1.14 bits per heavy atom. The van der Waals surface area contributed by atoms with Crippen LogP contribution in [0.1, 0.15) is 21.6 Å². The second-order valence-electron chi connectivity index (χ2n) is 7.15. The first-order valence-electron chi connectivity index (χ1n) is 9.54. The first-order valence-corrected chi connectivity index (χ1v) is 10.4. The van der Waals surface area contributed by atoms with Gasteiger partial charge in [0, 0.05) is 53.5 Å². The first kappa shape index (κ1) is 17.6. The van der Waals surface area contributed by atoms with Crippen molar-refractivity contribution in [3.05, 3.63) is 76.5 Å². The summed E-state index contributed by atoms with van der Waals surface area (Å²) in [5, 5.41) is 0. The van der Waals surface area contributed by atoms with Gasteiger partial charge in [-0.15, -0.1) is 11.3 Å². The van der Waals surface area contributed by atoms with Crippen molar-refractivity contribution in [2.24, 2.45) is 0 Å². The SMILES string of the molecule is Cc1ccc(CN2CCOC(c3cn4c(-c5ccncc5)cccc4n3)C2)s1. The van der Waals surface area contributed by atoms with Gasteiger partial charge in [0.1, 0.15) is 11.8 Å². The van der Waals surface area contributed by atoms with Crippen molar-refractivity contribution in [1.29, 1.82) is 0 Å². The Bertz CT molecular complexity index is 1090. The predicted octanol–water partition coefficient (Wildman–Crippen LogP) is 4.34. The number of hydrogen-bond acceptors (Lipinski definition) is 5. The van der Waals surface area contributed by atoms with Gasteiger partial charge in [0.2, 0.25) is 0 Å². The average molecular weight is 391 g/mol. The number of aromatic nitrogens is 3. The van der Waals surface area contributed by atoms with Crippen molar-refractivity contribution in [1.82, 2.24) is 19.3 Å². The summed E-state index contributed by atoms with van der Waals surface area (Å²) in [6.07, 6.45) is 5.76. The smallest absolute Gasteiger partial charge is 0.137 e. The van der Waals surface area contributed by atoms with Crippen LogP contribution < -0.4 is 0 Å². The van der Waals surface area contributed by atoms with Crippen LogP contribution in [0.4, 0.5) is 0 Å². The molecule has 1 saturated heterocycles. The minimum atomic E-state index is -0.000000735. The van der Waals surface area contributed by atoms with E-state index >= 15 is 0 Å². The zero-order valence-electron chi connectivity index (χ0n) is 15.8. The summed E-state index contributed by atoms with van der Waals surface area (Å²) >= 11 is 1.87. The fourth-order valence-electron chi connectivity index (χ4n) is 3.76. The molecule has 5 rings (SSSR count). The summed E-state index contributed by atoms with van der Waals surface area (Å²) in [5.41, 5.74) is 4.18. The molecule has 4 aromatic rings. The Balaban J connectivity index is 1.41. The van der Waals surface area contributed by atoms with Crippen LogP contribution in [0, 0.1) is 6.92 Å². The number of nitrogens with zero attached hydrogens (tertiary/aromatic N) is 4. The third-order valence-corrected chi connectivity index (χ3v) is 6.13. The molecule has 6 heteroatoms. The highest BCUT2D eigenvalue weighted by molar-refractivity contribution is 7.11. The van der Waals surface area contributed by atoms with Crippen molar-refractivity contribution < 1.29 is 4.74 Å². The number of rotatable bonds is 4. The third-order valence-electron chi connectivity index (χ3n) is 5.14. The molecule has 0 amide bonds. The van der Waals surface area contributed by atoms with Crippen LogP contribution in [-0.2, 0) is 11.3 Å². The third kappa shape index (κ3) is 3.46. The molecule has 0 bridgehead atoms. The summed E-state index contributed by atoms with van der Waals surface area (Å²) in [5.74, 6) is 0. The van der Waals surface area contributed by atoms with Crippen LogP contribution >= 0.6 is 11.3 Å². The van der Waals surface area contributed by atoms with Crippen molar-refractivity contribution in [2.75, 3.05) is 19.7 Å². The molecule has 28 heavy (non-hydrogen) atoms. The van der Waals surface area contributed by atoms with Gasteiger partial charge in [0.05, 0.1) is 18.0 Å². The number of imidazole rings is 1. The summed E-state index contributed by atoms with van der Waals surface area (Å²) in [6, 6.07) is 14.7. The fourth-order valence-corrected chi connectivity index (χ4v) is 4.69. The summed E-state index contributed by atoms with van der Waals surface area (Å²) < 4.78 is 8.24. The lowest BCUT2D eigenvalue weighted by molar-refractivity contribution is -0.0344. The van der Waals surface area contributed by atoms with Gasteiger partial charge in [-0.25, -0.2) is 4.98 Å². The second kappa shape index (κ2) is 7.47. The van der Waals surface area contributed by atoms with Crippen LogP contribution in [0.15, 0.2) is 61.1 Å². The van der Waals surface area contributed by atoms with E-state index in [0.717, 1.165) is 48.8 Å². The van der Waals surface area contributed by atoms with Gasteiger partial charge in [0.25, 0.3) is 0 Å². The molecule has 0 spiro atoms. The van der Waals surface area contributed by atoms with Crippen LogP contribution in [0.3, 0.4) is 0 Å². The molecule has 5 nitrogen and oxygen atoms in total. The lowest BCUT2D eigenvalue weighted by atomic mass is 10.2. The zero-order chi connectivity index (χ0) is 18.9. The number of pyridine rings is 2. The predicted molar refractivity (Wildman–Crippen MR) is 111 cm³/mol. The molecular weight excluding hydrogens is 368 g/mol. The standard InChI is InChI=1S/C22H22N4OS/c1-16-5-6-18(28-16)13-25-11-12-27-21(15-25)19-14-26-20(3-2-4-22(26)24-19)17-7-9-23-10-8-17/h2-10,14,21H,11-13,15H2,1H3. The maximum absolute atomic E-state index is 6.09. The molecule has 0 aliphatic carbocycles. The Kier molecular flexibility index (Phi) is 4.68. The van der Waals surface area contributed by atoms with Crippen LogP contribution in [0.25, 0.3) is 16.9 Å². The molecule has 1 aliphatic rings. The van der Waals surface area contributed by atoms with Crippen LogP contribution in [0.5, 0.6) is 0 Å². The number of fused-ring (bicyclic) bond motifs is 1. The molecule has 1 aliphatic heterocycles. The van der Waals surface area contributed by atoms with E-state index in [1.165, 1.54) is 9.75 Å². The average Bonchev–Trinajstić information content (AvgIpc) is 3.34. The van der Waals surface area contributed by atoms with E-state index in [0.29, 0.717) is 0 Å². The molecule has 0 saturated carbocycles. The number of ether oxygens (including phenoxy) is 1. The normalized spacial score (nSPS) is 18.0. The molecule has 4 aromatic heterocycles. The molecule has 142 valence electrons. The molecule has 1 fully saturated rings. The van der Waals surface area contributed by atoms with Gasteiger partial charge in [-0.05, 0) is 43.3 Å². The summed E-state index contributed by atoms with van der Waals surface area (Å²) in [4.78, 5) is 14.2. The quantitative estimate of drug-likeness (QED) is 0.520. The Labute approximate surface area is 168 Å². The maximum atomic E-state index is 6.09. The number of hydrogen-bond donors (Lipinski definition) is 0. The minimum Gasteiger partial charge on any atom is -0.369 e. The number of morpholine rings is 1. The highest BCUT2D eigenvalue weighted by Crippen LogP contribution is 2.27.